The van der Waals surface area contributed by atoms with Crippen molar-refractivity contribution in [3.8, 4) is 5.69 Å². The predicted molar refractivity (Wildman–Crippen MR) is 113 cm³/mol. The summed E-state index contributed by atoms with van der Waals surface area (Å²) in [6.07, 6.45) is 5.10. The van der Waals surface area contributed by atoms with Gasteiger partial charge in [-0.3, -0.25) is 14.7 Å². The SMILES string of the molecule is CCOC(=O)c1cn(-c2ccc(CN3CCCC3)nc2)c2c(Cl)c(F)c(F)cc2c1=O. The fraction of sp³-hybridized carbons (Fsp3) is 0.318. The van der Waals surface area contributed by atoms with Crippen LogP contribution in [0.3, 0.4) is 0 Å². The number of esters is 1. The number of halogens is 3. The van der Waals surface area contributed by atoms with Crippen LogP contribution in [0, 0.1) is 11.6 Å². The number of rotatable bonds is 5. The fourth-order valence-electron chi connectivity index (χ4n) is 3.77. The molecule has 1 aliphatic heterocycles. The molecule has 3 aromatic rings. The van der Waals surface area contributed by atoms with Crippen molar-refractivity contribution in [2.24, 2.45) is 0 Å². The minimum absolute atomic E-state index is 0.0484. The molecule has 0 atom stereocenters. The summed E-state index contributed by atoms with van der Waals surface area (Å²) in [6, 6.07) is 4.29. The summed E-state index contributed by atoms with van der Waals surface area (Å²) >= 11 is 6.08. The molecule has 1 fully saturated rings. The number of carbonyl (C=O) groups excluding carboxylic acids is 1. The maximum absolute atomic E-state index is 14.2. The van der Waals surface area contributed by atoms with E-state index in [1.807, 2.05) is 6.07 Å². The minimum atomic E-state index is -1.28. The third-order valence-electron chi connectivity index (χ3n) is 5.29. The highest BCUT2D eigenvalue weighted by Crippen LogP contribution is 2.29. The molecule has 0 unspecified atom stereocenters. The minimum Gasteiger partial charge on any atom is -0.462 e. The first-order chi connectivity index (χ1) is 14.9. The molecule has 0 aliphatic carbocycles. The molecule has 0 saturated carbocycles. The van der Waals surface area contributed by atoms with Gasteiger partial charge in [0.2, 0.25) is 5.43 Å². The number of hydrogen-bond donors (Lipinski definition) is 0. The van der Waals surface area contributed by atoms with Gasteiger partial charge in [-0.2, -0.15) is 0 Å². The molecule has 6 nitrogen and oxygen atoms in total. The Morgan fingerprint density at radius 3 is 2.65 bits per heavy atom. The van der Waals surface area contributed by atoms with E-state index >= 15 is 0 Å². The number of likely N-dealkylation sites (tertiary alicyclic amines) is 1. The Morgan fingerprint density at radius 2 is 2.00 bits per heavy atom. The zero-order valence-corrected chi connectivity index (χ0v) is 17.6. The van der Waals surface area contributed by atoms with E-state index in [2.05, 4.69) is 9.88 Å². The lowest BCUT2D eigenvalue weighted by molar-refractivity contribution is 0.0524. The van der Waals surface area contributed by atoms with Crippen LogP contribution in [0.1, 0.15) is 35.8 Å². The predicted octanol–water partition coefficient (Wildman–Crippen LogP) is 4.09. The van der Waals surface area contributed by atoms with Gasteiger partial charge in [0.1, 0.15) is 10.6 Å². The average molecular weight is 448 g/mol. The molecule has 1 saturated heterocycles. The lowest BCUT2D eigenvalue weighted by Gasteiger charge is -2.16. The van der Waals surface area contributed by atoms with Gasteiger partial charge in [0.05, 0.1) is 35.1 Å². The fourth-order valence-corrected chi connectivity index (χ4v) is 4.05. The standard InChI is InChI=1S/C22H20ClF2N3O3/c1-2-31-22(30)16-12-28(20-15(21(16)29)9-17(24)19(25)18(20)23)14-6-5-13(26-10-14)11-27-7-3-4-8-27/h5-6,9-10,12H,2-4,7-8,11H2,1H3. The molecule has 1 aliphatic rings. The van der Waals surface area contributed by atoms with Gasteiger partial charge >= 0.3 is 5.97 Å². The molecule has 4 rings (SSSR count). The highest BCUT2D eigenvalue weighted by Gasteiger charge is 2.23. The van der Waals surface area contributed by atoms with E-state index in [9.17, 15) is 18.4 Å². The van der Waals surface area contributed by atoms with Gasteiger partial charge < -0.3 is 9.30 Å². The van der Waals surface area contributed by atoms with Crippen molar-refractivity contribution >= 4 is 28.5 Å². The molecule has 0 spiro atoms. The molecule has 1 aromatic carbocycles. The van der Waals surface area contributed by atoms with E-state index in [4.69, 9.17) is 16.3 Å². The number of hydrogen-bond acceptors (Lipinski definition) is 5. The number of carbonyl (C=O) groups is 1. The maximum Gasteiger partial charge on any atom is 0.343 e. The molecular weight excluding hydrogens is 428 g/mol. The number of nitrogens with zero attached hydrogens (tertiary/aromatic N) is 3. The third kappa shape index (κ3) is 4.05. The van der Waals surface area contributed by atoms with E-state index < -0.39 is 28.1 Å². The van der Waals surface area contributed by atoms with Crippen LogP contribution < -0.4 is 5.43 Å². The normalized spacial score (nSPS) is 14.3. The highest BCUT2D eigenvalue weighted by molar-refractivity contribution is 6.35. The highest BCUT2D eigenvalue weighted by atomic mass is 35.5. The van der Waals surface area contributed by atoms with E-state index in [0.717, 1.165) is 24.8 Å². The van der Waals surface area contributed by atoms with Crippen molar-refractivity contribution < 1.29 is 18.3 Å². The Kier molecular flexibility index (Phi) is 6.02. The zero-order valence-electron chi connectivity index (χ0n) is 16.8. The molecule has 162 valence electrons. The first-order valence-electron chi connectivity index (χ1n) is 9.98. The number of benzene rings is 1. The lowest BCUT2D eigenvalue weighted by atomic mass is 10.1. The van der Waals surface area contributed by atoms with E-state index in [1.165, 1.54) is 23.6 Å². The number of pyridine rings is 2. The second-order valence-electron chi connectivity index (χ2n) is 7.34. The Morgan fingerprint density at radius 1 is 1.26 bits per heavy atom. The first-order valence-corrected chi connectivity index (χ1v) is 10.4. The Bertz CT molecular complexity index is 1210. The van der Waals surface area contributed by atoms with Crippen molar-refractivity contribution in [2.75, 3.05) is 19.7 Å². The van der Waals surface area contributed by atoms with Crippen LogP contribution in [0.2, 0.25) is 5.02 Å². The summed E-state index contributed by atoms with van der Waals surface area (Å²) in [5.74, 6) is -3.41. The number of aromatic nitrogens is 2. The monoisotopic (exact) mass is 447 g/mol. The summed E-state index contributed by atoms with van der Waals surface area (Å²) in [6.45, 7) is 4.42. The second kappa shape index (κ2) is 8.72. The molecule has 0 bridgehead atoms. The summed E-state index contributed by atoms with van der Waals surface area (Å²) in [4.78, 5) is 31.9. The zero-order chi connectivity index (χ0) is 22.1. The second-order valence-corrected chi connectivity index (χ2v) is 7.71. The largest absolute Gasteiger partial charge is 0.462 e. The van der Waals surface area contributed by atoms with Crippen LogP contribution in [0.15, 0.2) is 35.4 Å². The number of ether oxygens (including phenoxy) is 1. The summed E-state index contributed by atoms with van der Waals surface area (Å²) in [5.41, 5.74) is 0.146. The van der Waals surface area contributed by atoms with Crippen LogP contribution in [-0.4, -0.2) is 40.1 Å². The summed E-state index contributed by atoms with van der Waals surface area (Å²) in [5, 5.41) is -0.778. The van der Waals surface area contributed by atoms with E-state index in [0.29, 0.717) is 12.2 Å². The van der Waals surface area contributed by atoms with Crippen LogP contribution >= 0.6 is 11.6 Å². The van der Waals surface area contributed by atoms with Gasteiger partial charge in [0.15, 0.2) is 11.6 Å². The Balaban J connectivity index is 1.87. The van der Waals surface area contributed by atoms with E-state index in [1.54, 1.807) is 19.2 Å². The Labute approximate surface area is 182 Å². The average Bonchev–Trinajstić information content (AvgIpc) is 3.26. The van der Waals surface area contributed by atoms with Crippen LogP contribution in [0.4, 0.5) is 8.78 Å². The molecular formula is C22H20ClF2N3O3. The molecule has 0 radical (unpaired) electrons. The smallest absolute Gasteiger partial charge is 0.343 e. The number of fused-ring (bicyclic) bond motifs is 1. The first kappa shape index (κ1) is 21.4. The molecule has 2 aromatic heterocycles. The van der Waals surface area contributed by atoms with Gasteiger partial charge in [-0.1, -0.05) is 11.6 Å². The van der Waals surface area contributed by atoms with Crippen molar-refractivity contribution in [1.29, 1.82) is 0 Å². The van der Waals surface area contributed by atoms with Crippen molar-refractivity contribution in [3.05, 3.63) is 68.7 Å². The van der Waals surface area contributed by atoms with E-state index in [-0.39, 0.29) is 23.1 Å². The van der Waals surface area contributed by atoms with Crippen molar-refractivity contribution in [1.82, 2.24) is 14.5 Å². The molecule has 0 amide bonds. The summed E-state index contributed by atoms with van der Waals surface area (Å²) < 4.78 is 34.5. The van der Waals surface area contributed by atoms with Gasteiger partial charge in [-0.25, -0.2) is 13.6 Å². The maximum atomic E-state index is 14.2. The van der Waals surface area contributed by atoms with Crippen LogP contribution in [0.25, 0.3) is 16.6 Å². The summed E-state index contributed by atoms with van der Waals surface area (Å²) in [7, 11) is 0. The molecule has 0 N–H and O–H groups in total. The van der Waals surface area contributed by atoms with Gasteiger partial charge in [0.25, 0.3) is 0 Å². The molecule has 31 heavy (non-hydrogen) atoms. The van der Waals surface area contributed by atoms with Crippen molar-refractivity contribution in [3.63, 3.8) is 0 Å². The topological polar surface area (TPSA) is 64.4 Å². The van der Waals surface area contributed by atoms with Gasteiger partial charge in [0, 0.05) is 12.7 Å². The van der Waals surface area contributed by atoms with Crippen molar-refractivity contribution in [2.45, 2.75) is 26.3 Å². The lowest BCUT2D eigenvalue weighted by Crippen LogP contribution is -2.21. The molecule has 9 heteroatoms. The third-order valence-corrected chi connectivity index (χ3v) is 5.64. The van der Waals surface area contributed by atoms with Gasteiger partial charge in [-0.15, -0.1) is 0 Å². The Hall–Kier alpha value is -2.84. The quantitative estimate of drug-likeness (QED) is 0.435. The van der Waals surface area contributed by atoms with Crippen LogP contribution in [-0.2, 0) is 11.3 Å². The van der Waals surface area contributed by atoms with Gasteiger partial charge in [-0.05, 0) is 51.1 Å². The van der Waals surface area contributed by atoms with Crippen LogP contribution in [0.5, 0.6) is 0 Å². The molecule has 3 heterocycles.